The maximum absolute atomic E-state index is 5.72. The molecule has 0 saturated heterocycles. The quantitative estimate of drug-likeness (QED) is 0.695. The van der Waals surface area contributed by atoms with Crippen LogP contribution in [0.5, 0.6) is 11.5 Å². The van der Waals surface area contributed by atoms with Crippen molar-refractivity contribution in [2.24, 2.45) is 0 Å². The van der Waals surface area contributed by atoms with Gasteiger partial charge in [0.15, 0.2) is 11.5 Å². The van der Waals surface area contributed by atoms with Crippen LogP contribution in [0.2, 0.25) is 0 Å². The van der Waals surface area contributed by atoms with E-state index < -0.39 is 0 Å². The molecule has 0 aliphatic heterocycles. The van der Waals surface area contributed by atoms with Crippen molar-refractivity contribution >= 4 is 17.4 Å². The van der Waals surface area contributed by atoms with E-state index in [0.29, 0.717) is 35.5 Å². The third kappa shape index (κ3) is 3.80. The number of para-hydroxylation sites is 1. The normalized spacial score (nSPS) is 11.4. The number of anilines is 1. The molecular formula is C18H22N4O3S. The molecule has 0 aliphatic rings. The highest BCUT2D eigenvalue weighted by molar-refractivity contribution is 7.11. The number of hydrogen-bond donors (Lipinski definition) is 1. The Morgan fingerprint density at radius 3 is 2.62 bits per heavy atom. The summed E-state index contributed by atoms with van der Waals surface area (Å²) in [4.78, 5) is 5.68. The van der Waals surface area contributed by atoms with Crippen molar-refractivity contribution < 1.29 is 13.9 Å². The topological polar surface area (TPSA) is 82.3 Å². The molecular weight excluding hydrogens is 352 g/mol. The first-order chi connectivity index (χ1) is 12.4. The van der Waals surface area contributed by atoms with Gasteiger partial charge in [0.2, 0.25) is 0 Å². The van der Waals surface area contributed by atoms with E-state index in [4.69, 9.17) is 13.9 Å². The summed E-state index contributed by atoms with van der Waals surface area (Å²) in [5.74, 6) is 1.52. The van der Waals surface area contributed by atoms with Gasteiger partial charge in [0.05, 0.1) is 26.3 Å². The summed E-state index contributed by atoms with van der Waals surface area (Å²) in [5.41, 5.74) is 0.771. The molecule has 3 aromatic rings. The third-order valence-corrected chi connectivity index (χ3v) is 5.17. The Labute approximate surface area is 156 Å². The number of thiazole rings is 1. The van der Waals surface area contributed by atoms with Gasteiger partial charge in [-0.05, 0) is 17.5 Å². The van der Waals surface area contributed by atoms with E-state index in [1.807, 2.05) is 24.4 Å². The molecule has 2 heterocycles. The second-order valence-electron chi connectivity index (χ2n) is 6.68. The zero-order valence-electron chi connectivity index (χ0n) is 15.5. The highest BCUT2D eigenvalue weighted by atomic mass is 32.1. The van der Waals surface area contributed by atoms with Crippen LogP contribution >= 0.6 is 11.3 Å². The van der Waals surface area contributed by atoms with Gasteiger partial charge in [0.25, 0.3) is 5.89 Å². The molecule has 0 saturated carbocycles. The van der Waals surface area contributed by atoms with Crippen LogP contribution in [0, 0.1) is 0 Å². The molecule has 0 unspecified atom stereocenters. The Bertz CT molecular complexity index is 883. The number of rotatable bonds is 6. The Morgan fingerprint density at radius 1 is 1.15 bits per heavy atom. The summed E-state index contributed by atoms with van der Waals surface area (Å²) in [5, 5.41) is 12.2. The molecule has 1 N–H and O–H groups in total. The van der Waals surface area contributed by atoms with Crippen molar-refractivity contribution in [3.05, 3.63) is 34.3 Å². The number of benzene rings is 1. The van der Waals surface area contributed by atoms with Crippen molar-refractivity contribution in [2.75, 3.05) is 19.5 Å². The minimum atomic E-state index is 0.0937. The largest absolute Gasteiger partial charge is 0.493 e. The molecule has 0 fully saturated rings. The molecule has 138 valence electrons. The van der Waals surface area contributed by atoms with Gasteiger partial charge in [0, 0.05) is 11.1 Å². The van der Waals surface area contributed by atoms with Gasteiger partial charge in [-0.15, -0.1) is 16.4 Å². The average Bonchev–Trinajstić information content (AvgIpc) is 3.28. The molecule has 0 bridgehead atoms. The Morgan fingerprint density at radius 2 is 1.96 bits per heavy atom. The average molecular weight is 374 g/mol. The van der Waals surface area contributed by atoms with Crippen molar-refractivity contribution in [2.45, 2.75) is 32.7 Å². The Kier molecular flexibility index (Phi) is 5.13. The van der Waals surface area contributed by atoms with Gasteiger partial charge in [-0.3, -0.25) is 0 Å². The van der Waals surface area contributed by atoms with Gasteiger partial charge in [-0.2, -0.15) is 0 Å². The predicted molar refractivity (Wildman–Crippen MR) is 101 cm³/mol. The molecule has 7 nitrogen and oxygen atoms in total. The van der Waals surface area contributed by atoms with Crippen molar-refractivity contribution in [1.82, 2.24) is 15.2 Å². The van der Waals surface area contributed by atoms with E-state index >= 15 is 0 Å². The van der Waals surface area contributed by atoms with Gasteiger partial charge in [-0.25, -0.2) is 4.98 Å². The molecule has 0 spiro atoms. The molecule has 0 radical (unpaired) electrons. The van der Waals surface area contributed by atoms with Crippen LogP contribution in [0.3, 0.4) is 0 Å². The van der Waals surface area contributed by atoms with Crippen LogP contribution in [-0.4, -0.2) is 29.4 Å². The summed E-state index contributed by atoms with van der Waals surface area (Å²) < 4.78 is 16.4. The molecule has 2 aromatic heterocycles. The number of ether oxygens (including phenoxy) is 2. The smallest absolute Gasteiger partial charge is 0.316 e. The number of nitrogens with one attached hydrogen (secondary N) is 1. The predicted octanol–water partition coefficient (Wildman–Crippen LogP) is 4.12. The lowest BCUT2D eigenvalue weighted by molar-refractivity contribution is 0.355. The van der Waals surface area contributed by atoms with Crippen molar-refractivity contribution in [3.63, 3.8) is 0 Å². The first kappa shape index (κ1) is 18.2. The van der Waals surface area contributed by atoms with E-state index in [2.05, 4.69) is 41.3 Å². The maximum Gasteiger partial charge on any atom is 0.316 e. The van der Waals surface area contributed by atoms with Crippen LogP contribution in [0.25, 0.3) is 11.5 Å². The summed E-state index contributed by atoms with van der Waals surface area (Å²) >= 11 is 1.67. The Balaban J connectivity index is 1.74. The van der Waals surface area contributed by atoms with Crippen LogP contribution in [-0.2, 0) is 12.0 Å². The maximum atomic E-state index is 5.72. The number of methoxy groups -OCH3 is 2. The Hall–Kier alpha value is -2.61. The molecule has 0 aliphatic carbocycles. The molecule has 8 heteroatoms. The summed E-state index contributed by atoms with van der Waals surface area (Å²) in [6.07, 6.45) is 1.92. The minimum Gasteiger partial charge on any atom is -0.493 e. The fourth-order valence-electron chi connectivity index (χ4n) is 2.35. The molecule has 1 aromatic carbocycles. The van der Waals surface area contributed by atoms with Gasteiger partial charge in [-0.1, -0.05) is 31.9 Å². The van der Waals surface area contributed by atoms with Crippen LogP contribution in [0.1, 0.15) is 30.7 Å². The first-order valence-electron chi connectivity index (χ1n) is 8.16. The fraction of sp³-hybridized carbons (Fsp3) is 0.389. The van der Waals surface area contributed by atoms with Gasteiger partial charge in [0.1, 0.15) is 5.01 Å². The zero-order valence-corrected chi connectivity index (χ0v) is 16.3. The highest BCUT2D eigenvalue weighted by Crippen LogP contribution is 2.37. The van der Waals surface area contributed by atoms with E-state index in [0.717, 1.165) is 5.01 Å². The molecule has 0 atom stereocenters. The highest BCUT2D eigenvalue weighted by Gasteiger charge is 2.19. The summed E-state index contributed by atoms with van der Waals surface area (Å²) in [7, 11) is 3.16. The number of aromatic nitrogens is 3. The van der Waals surface area contributed by atoms with E-state index in [-0.39, 0.29) is 5.41 Å². The van der Waals surface area contributed by atoms with Crippen LogP contribution in [0.15, 0.2) is 28.8 Å². The molecule has 0 amide bonds. The second kappa shape index (κ2) is 7.33. The number of nitrogens with zero attached hydrogens (tertiary/aromatic N) is 3. The molecule has 3 rings (SSSR count). The van der Waals surface area contributed by atoms with Gasteiger partial charge < -0.3 is 19.2 Å². The van der Waals surface area contributed by atoms with Crippen LogP contribution < -0.4 is 14.8 Å². The zero-order chi connectivity index (χ0) is 18.7. The third-order valence-electron chi connectivity index (χ3n) is 3.74. The monoisotopic (exact) mass is 374 g/mol. The minimum absolute atomic E-state index is 0.0937. The SMILES string of the molecule is COc1cccc(-c2nnc(NCc3ncc(C(C)(C)C)s3)o2)c1OC. The summed E-state index contributed by atoms with van der Waals surface area (Å²) in [6, 6.07) is 5.83. The molecule has 26 heavy (non-hydrogen) atoms. The lowest BCUT2D eigenvalue weighted by Gasteiger charge is -2.14. The van der Waals surface area contributed by atoms with Crippen molar-refractivity contribution in [3.8, 4) is 23.0 Å². The first-order valence-corrected chi connectivity index (χ1v) is 8.98. The van der Waals surface area contributed by atoms with Gasteiger partial charge >= 0.3 is 6.01 Å². The lowest BCUT2D eigenvalue weighted by Crippen LogP contribution is -2.07. The number of hydrogen-bond acceptors (Lipinski definition) is 8. The lowest BCUT2D eigenvalue weighted by atomic mass is 9.96. The van der Waals surface area contributed by atoms with Crippen molar-refractivity contribution in [1.29, 1.82) is 0 Å². The second-order valence-corrected chi connectivity index (χ2v) is 7.79. The fourth-order valence-corrected chi connectivity index (χ4v) is 3.26. The standard InChI is InChI=1S/C18H22N4O3S/c1-18(2,3)13-9-19-14(26-13)10-20-17-22-21-16(25-17)11-7-6-8-12(23-4)15(11)24-5/h6-9H,10H2,1-5H3,(H,20,22). The van der Waals surface area contributed by atoms with Crippen LogP contribution in [0.4, 0.5) is 6.01 Å². The van der Waals surface area contributed by atoms with E-state index in [9.17, 15) is 0 Å². The van der Waals surface area contributed by atoms with E-state index in [1.165, 1.54) is 4.88 Å². The van der Waals surface area contributed by atoms with E-state index in [1.54, 1.807) is 25.6 Å². The summed E-state index contributed by atoms with van der Waals surface area (Å²) in [6.45, 7) is 7.04.